The molecule has 2 aromatic carbocycles. The SMILES string of the molecule is COc1cc2nc(C)n(CC(=O)NC(CO)c3ccccc3)c(=O)c2cc1OC. The van der Waals surface area contributed by atoms with E-state index >= 15 is 0 Å². The Labute approximate surface area is 167 Å². The normalized spacial score (nSPS) is 11.9. The van der Waals surface area contributed by atoms with Crippen LogP contribution < -0.4 is 20.3 Å². The summed E-state index contributed by atoms with van der Waals surface area (Å²) < 4.78 is 11.8. The van der Waals surface area contributed by atoms with E-state index in [1.165, 1.54) is 18.8 Å². The number of ether oxygens (including phenoxy) is 2. The van der Waals surface area contributed by atoms with Crippen molar-refractivity contribution in [2.75, 3.05) is 20.8 Å². The predicted octanol–water partition coefficient (Wildman–Crippen LogP) is 1.57. The van der Waals surface area contributed by atoms with Gasteiger partial charge in [0.15, 0.2) is 11.5 Å². The van der Waals surface area contributed by atoms with Crippen molar-refractivity contribution in [1.29, 1.82) is 0 Å². The number of aromatic nitrogens is 2. The van der Waals surface area contributed by atoms with E-state index in [1.54, 1.807) is 19.1 Å². The van der Waals surface area contributed by atoms with Crippen molar-refractivity contribution in [3.63, 3.8) is 0 Å². The monoisotopic (exact) mass is 397 g/mol. The molecule has 0 saturated heterocycles. The number of methoxy groups -OCH3 is 2. The van der Waals surface area contributed by atoms with E-state index in [0.717, 1.165) is 5.56 Å². The van der Waals surface area contributed by atoms with E-state index in [1.807, 2.05) is 30.3 Å². The Bertz CT molecular complexity index is 1080. The number of aryl methyl sites for hydroxylation is 1. The molecule has 0 bridgehead atoms. The minimum Gasteiger partial charge on any atom is -0.493 e. The Hall–Kier alpha value is -3.39. The lowest BCUT2D eigenvalue weighted by Gasteiger charge is -2.18. The third-order valence-corrected chi connectivity index (χ3v) is 4.67. The second-order valence-corrected chi connectivity index (χ2v) is 6.49. The minimum atomic E-state index is -0.558. The van der Waals surface area contributed by atoms with E-state index in [9.17, 15) is 14.7 Å². The number of amides is 1. The molecule has 1 atom stereocenters. The molecule has 8 nitrogen and oxygen atoms in total. The molecule has 29 heavy (non-hydrogen) atoms. The second-order valence-electron chi connectivity index (χ2n) is 6.49. The number of aliphatic hydroxyl groups is 1. The fraction of sp³-hybridized carbons (Fsp3) is 0.286. The van der Waals surface area contributed by atoms with Crippen LogP contribution in [0.2, 0.25) is 0 Å². The van der Waals surface area contributed by atoms with Gasteiger partial charge in [0.1, 0.15) is 12.4 Å². The number of fused-ring (bicyclic) bond motifs is 1. The standard InChI is InChI=1S/C21H23N3O5/c1-13-22-16-10-19(29-3)18(28-2)9-15(16)21(27)24(13)11-20(26)23-17(12-25)14-7-5-4-6-8-14/h4-10,17,25H,11-12H2,1-3H3,(H,23,26). The Kier molecular flexibility index (Phi) is 6.13. The molecule has 1 unspecified atom stereocenters. The molecule has 2 N–H and O–H groups in total. The maximum atomic E-state index is 13.0. The van der Waals surface area contributed by atoms with Gasteiger partial charge >= 0.3 is 0 Å². The summed E-state index contributed by atoms with van der Waals surface area (Å²) in [5.74, 6) is 0.864. The van der Waals surface area contributed by atoms with Gasteiger partial charge < -0.3 is 19.9 Å². The number of aliphatic hydroxyl groups excluding tert-OH is 1. The highest BCUT2D eigenvalue weighted by Crippen LogP contribution is 2.30. The third-order valence-electron chi connectivity index (χ3n) is 4.67. The van der Waals surface area contributed by atoms with Gasteiger partial charge in [-0.05, 0) is 18.6 Å². The summed E-state index contributed by atoms with van der Waals surface area (Å²) in [4.78, 5) is 30.0. The number of nitrogens with one attached hydrogen (secondary N) is 1. The second kappa shape index (κ2) is 8.74. The molecule has 0 fully saturated rings. The lowest BCUT2D eigenvalue weighted by atomic mass is 10.1. The molecule has 3 rings (SSSR count). The van der Waals surface area contributed by atoms with E-state index < -0.39 is 11.9 Å². The first kappa shape index (κ1) is 20.3. The average molecular weight is 397 g/mol. The van der Waals surface area contributed by atoms with Crippen LogP contribution in [-0.4, -0.2) is 41.4 Å². The molecule has 1 amide bonds. The van der Waals surface area contributed by atoms with Crippen LogP contribution >= 0.6 is 0 Å². The van der Waals surface area contributed by atoms with Crippen LogP contribution in [0, 0.1) is 6.92 Å². The van der Waals surface area contributed by atoms with Crippen molar-refractivity contribution >= 4 is 16.8 Å². The molecular weight excluding hydrogens is 374 g/mol. The molecule has 1 aromatic heterocycles. The zero-order valence-corrected chi connectivity index (χ0v) is 16.5. The minimum absolute atomic E-state index is 0.217. The van der Waals surface area contributed by atoms with Gasteiger partial charge in [0.2, 0.25) is 5.91 Å². The lowest BCUT2D eigenvalue weighted by Crippen LogP contribution is -2.37. The molecule has 0 saturated carbocycles. The third kappa shape index (κ3) is 4.22. The van der Waals surface area contributed by atoms with Crippen molar-refractivity contribution in [3.05, 3.63) is 64.2 Å². The number of hydrogen-bond acceptors (Lipinski definition) is 6. The van der Waals surface area contributed by atoms with Gasteiger partial charge in [0.25, 0.3) is 5.56 Å². The highest BCUT2D eigenvalue weighted by atomic mass is 16.5. The van der Waals surface area contributed by atoms with Gasteiger partial charge in [0, 0.05) is 6.07 Å². The highest BCUT2D eigenvalue weighted by molar-refractivity contribution is 5.82. The fourth-order valence-corrected chi connectivity index (χ4v) is 3.15. The summed E-state index contributed by atoms with van der Waals surface area (Å²) in [7, 11) is 2.99. The van der Waals surface area contributed by atoms with Gasteiger partial charge in [0.05, 0.1) is 37.8 Å². The predicted molar refractivity (Wildman–Crippen MR) is 108 cm³/mol. The molecule has 3 aromatic rings. The Morgan fingerprint density at radius 3 is 2.45 bits per heavy atom. The summed E-state index contributed by atoms with van der Waals surface area (Å²) in [6.45, 7) is 1.19. The van der Waals surface area contributed by atoms with E-state index in [4.69, 9.17) is 9.47 Å². The zero-order valence-electron chi connectivity index (χ0n) is 16.5. The first-order valence-corrected chi connectivity index (χ1v) is 9.06. The van der Waals surface area contributed by atoms with Gasteiger partial charge in [-0.3, -0.25) is 14.2 Å². The smallest absolute Gasteiger partial charge is 0.262 e. The van der Waals surface area contributed by atoms with Crippen LogP contribution in [0.1, 0.15) is 17.4 Å². The summed E-state index contributed by atoms with van der Waals surface area (Å²) in [5, 5.41) is 12.7. The molecular formula is C21H23N3O5. The molecule has 1 heterocycles. The van der Waals surface area contributed by atoms with E-state index in [0.29, 0.717) is 28.2 Å². The largest absolute Gasteiger partial charge is 0.493 e. The lowest BCUT2D eigenvalue weighted by molar-refractivity contribution is -0.122. The van der Waals surface area contributed by atoms with Crippen molar-refractivity contribution < 1.29 is 19.4 Å². The number of carbonyl (C=O) groups is 1. The first-order valence-electron chi connectivity index (χ1n) is 9.06. The van der Waals surface area contributed by atoms with E-state index in [2.05, 4.69) is 10.3 Å². The number of hydrogen-bond donors (Lipinski definition) is 2. The van der Waals surface area contributed by atoms with Crippen molar-refractivity contribution in [2.24, 2.45) is 0 Å². The van der Waals surface area contributed by atoms with Crippen molar-refractivity contribution in [2.45, 2.75) is 19.5 Å². The summed E-state index contributed by atoms with van der Waals surface area (Å²) >= 11 is 0. The molecule has 152 valence electrons. The number of nitrogens with zero attached hydrogens (tertiary/aromatic N) is 2. The van der Waals surface area contributed by atoms with Gasteiger partial charge in [-0.2, -0.15) is 0 Å². The highest BCUT2D eigenvalue weighted by Gasteiger charge is 2.17. The van der Waals surface area contributed by atoms with Crippen LogP contribution in [0.15, 0.2) is 47.3 Å². The fourth-order valence-electron chi connectivity index (χ4n) is 3.15. The van der Waals surface area contributed by atoms with Crippen LogP contribution in [-0.2, 0) is 11.3 Å². The first-order chi connectivity index (χ1) is 14.0. The summed E-state index contributed by atoms with van der Waals surface area (Å²) in [6, 6.07) is 11.8. The topological polar surface area (TPSA) is 103 Å². The van der Waals surface area contributed by atoms with Crippen LogP contribution in [0.25, 0.3) is 10.9 Å². The Balaban J connectivity index is 1.91. The van der Waals surface area contributed by atoms with E-state index in [-0.39, 0.29) is 18.7 Å². The number of carbonyl (C=O) groups excluding carboxylic acids is 1. The number of rotatable bonds is 7. The Morgan fingerprint density at radius 1 is 1.17 bits per heavy atom. The molecule has 0 radical (unpaired) electrons. The molecule has 0 spiro atoms. The molecule has 0 aliphatic rings. The molecule has 0 aliphatic heterocycles. The van der Waals surface area contributed by atoms with Crippen LogP contribution in [0.3, 0.4) is 0 Å². The van der Waals surface area contributed by atoms with Crippen LogP contribution in [0.4, 0.5) is 0 Å². The van der Waals surface area contributed by atoms with Crippen molar-refractivity contribution in [3.8, 4) is 11.5 Å². The molecule has 0 aliphatic carbocycles. The maximum absolute atomic E-state index is 13.0. The quantitative estimate of drug-likeness (QED) is 0.627. The van der Waals surface area contributed by atoms with Gasteiger partial charge in [-0.15, -0.1) is 0 Å². The Morgan fingerprint density at radius 2 is 1.83 bits per heavy atom. The summed E-state index contributed by atoms with van der Waals surface area (Å²) in [6.07, 6.45) is 0. The van der Waals surface area contributed by atoms with Gasteiger partial charge in [-0.25, -0.2) is 4.98 Å². The number of benzene rings is 2. The zero-order chi connectivity index (χ0) is 21.0. The van der Waals surface area contributed by atoms with Gasteiger partial charge in [-0.1, -0.05) is 30.3 Å². The molecule has 8 heteroatoms. The maximum Gasteiger partial charge on any atom is 0.262 e. The summed E-state index contributed by atoms with van der Waals surface area (Å²) in [5.41, 5.74) is 0.879. The average Bonchev–Trinajstić information content (AvgIpc) is 2.74. The van der Waals surface area contributed by atoms with Crippen molar-refractivity contribution in [1.82, 2.24) is 14.9 Å². The van der Waals surface area contributed by atoms with Crippen LogP contribution in [0.5, 0.6) is 11.5 Å².